The van der Waals surface area contributed by atoms with Gasteiger partial charge in [-0.2, -0.15) is 0 Å². The lowest BCUT2D eigenvalue weighted by atomic mass is 9.95. The molecule has 0 aliphatic carbocycles. The number of carbonyl (C=O) groups is 3. The Bertz CT molecular complexity index is 575. The Balaban J connectivity index is 3.93. The predicted octanol–water partition coefficient (Wildman–Crippen LogP) is 4.61. The molecule has 0 aliphatic rings. The van der Waals surface area contributed by atoms with E-state index in [0.29, 0.717) is 31.8 Å². The summed E-state index contributed by atoms with van der Waals surface area (Å²) >= 11 is 0. The Morgan fingerprint density at radius 2 is 1.44 bits per heavy atom. The van der Waals surface area contributed by atoms with Gasteiger partial charge in [-0.25, -0.2) is 4.79 Å². The van der Waals surface area contributed by atoms with Gasteiger partial charge in [0, 0.05) is 26.4 Å². The van der Waals surface area contributed by atoms with Gasteiger partial charge >= 0.3 is 11.9 Å². The highest BCUT2D eigenvalue weighted by Gasteiger charge is 2.37. The van der Waals surface area contributed by atoms with Gasteiger partial charge in [0.05, 0.1) is 26.2 Å². The molecule has 2 N–H and O–H groups in total. The number of Topliss-reactive ketones (excluding diaryl/α,β-unsaturated/α-hetero) is 1. The van der Waals surface area contributed by atoms with Gasteiger partial charge in [-0.15, -0.1) is 0 Å². The van der Waals surface area contributed by atoms with Gasteiger partial charge in [0.15, 0.2) is 5.60 Å². The third-order valence-corrected chi connectivity index (χ3v) is 5.52. The molecule has 8 nitrogen and oxygen atoms in total. The number of esters is 1. The monoisotopic (exact) mass is 486 g/mol. The first-order chi connectivity index (χ1) is 16.4. The highest BCUT2D eigenvalue weighted by molar-refractivity contribution is 5.84. The second-order valence-corrected chi connectivity index (χ2v) is 8.67. The first kappa shape index (κ1) is 32.2. The van der Waals surface area contributed by atoms with Gasteiger partial charge in [-0.3, -0.25) is 9.59 Å². The van der Waals surface area contributed by atoms with Crippen molar-refractivity contribution in [2.45, 2.75) is 102 Å². The summed E-state index contributed by atoms with van der Waals surface area (Å²) in [5.41, 5.74) is -2.19. The highest BCUT2D eigenvalue weighted by Crippen LogP contribution is 2.18. The minimum atomic E-state index is -2.19. The van der Waals surface area contributed by atoms with Crippen LogP contribution in [0.25, 0.3) is 0 Å². The average Bonchev–Trinajstić information content (AvgIpc) is 2.80. The largest absolute Gasteiger partial charge is 0.479 e. The van der Waals surface area contributed by atoms with E-state index in [-0.39, 0.29) is 19.6 Å². The molecule has 1 atom stereocenters. The van der Waals surface area contributed by atoms with E-state index in [2.05, 4.69) is 6.92 Å². The van der Waals surface area contributed by atoms with Gasteiger partial charge in [0.1, 0.15) is 12.4 Å². The molecule has 0 radical (unpaired) electrons. The molecule has 0 aromatic heterocycles. The molecule has 0 aromatic rings. The van der Waals surface area contributed by atoms with E-state index in [1.807, 2.05) is 6.08 Å². The van der Waals surface area contributed by atoms with Gasteiger partial charge < -0.3 is 24.4 Å². The number of aliphatic carboxylic acids is 1. The molecular formula is C26H46O8. The standard InChI is InChI=1S/C26H46O8/c1-3-4-5-9-12-15-23(27)16-13-10-7-6-8-11-14-17-26(31,25(29)30)22-24(28)34-21-20-33-19-18-32-2/h11,14,31H,3-10,12-13,15-22H2,1-2H3,(H,29,30)/b14-11+/t26-/m1/s1. The molecule has 0 unspecified atom stereocenters. The minimum Gasteiger partial charge on any atom is -0.479 e. The number of methoxy groups -OCH3 is 1. The van der Waals surface area contributed by atoms with Crippen molar-refractivity contribution in [2.24, 2.45) is 0 Å². The van der Waals surface area contributed by atoms with E-state index >= 15 is 0 Å². The van der Waals surface area contributed by atoms with Crippen LogP contribution in [0.3, 0.4) is 0 Å². The fourth-order valence-corrected chi connectivity index (χ4v) is 3.37. The van der Waals surface area contributed by atoms with Gasteiger partial charge in [0.25, 0.3) is 0 Å². The van der Waals surface area contributed by atoms with Crippen LogP contribution in [0.15, 0.2) is 12.2 Å². The Labute approximate surface area is 205 Å². The van der Waals surface area contributed by atoms with Crippen molar-refractivity contribution in [3.8, 4) is 0 Å². The summed E-state index contributed by atoms with van der Waals surface area (Å²) in [6, 6.07) is 0. The zero-order valence-corrected chi connectivity index (χ0v) is 21.2. The maximum atomic E-state index is 11.9. The van der Waals surface area contributed by atoms with Crippen LogP contribution < -0.4 is 0 Å². The smallest absolute Gasteiger partial charge is 0.336 e. The molecule has 8 heteroatoms. The van der Waals surface area contributed by atoms with E-state index in [9.17, 15) is 24.6 Å². The highest BCUT2D eigenvalue weighted by atomic mass is 16.6. The average molecular weight is 487 g/mol. The lowest BCUT2D eigenvalue weighted by molar-refractivity contribution is -0.167. The maximum Gasteiger partial charge on any atom is 0.336 e. The molecule has 0 spiro atoms. The lowest BCUT2D eigenvalue weighted by Gasteiger charge is -2.20. The first-order valence-corrected chi connectivity index (χ1v) is 12.7. The van der Waals surface area contributed by atoms with Crippen molar-refractivity contribution in [3.05, 3.63) is 12.2 Å². The number of rotatable bonds is 24. The SMILES string of the molecule is CCCCCCCC(=O)CCCCCC/C=C/C[C@@](O)(CC(=O)OCCOCCOC)C(=O)O. The molecule has 0 aliphatic heterocycles. The van der Waals surface area contributed by atoms with Crippen LogP contribution in [0.5, 0.6) is 0 Å². The Morgan fingerprint density at radius 3 is 2.06 bits per heavy atom. The van der Waals surface area contributed by atoms with E-state index < -0.39 is 24.0 Å². The maximum absolute atomic E-state index is 11.9. The zero-order chi connectivity index (χ0) is 25.5. The summed E-state index contributed by atoms with van der Waals surface area (Å²) in [5.74, 6) is -1.88. The number of allylic oxidation sites excluding steroid dienone is 1. The number of ketones is 1. The third kappa shape index (κ3) is 18.6. The zero-order valence-electron chi connectivity index (χ0n) is 21.2. The van der Waals surface area contributed by atoms with E-state index in [1.54, 1.807) is 13.2 Å². The van der Waals surface area contributed by atoms with Gasteiger partial charge in [-0.05, 0) is 25.7 Å². The van der Waals surface area contributed by atoms with Crippen LogP contribution >= 0.6 is 0 Å². The van der Waals surface area contributed by atoms with E-state index in [1.165, 1.54) is 19.3 Å². The lowest BCUT2D eigenvalue weighted by Crippen LogP contribution is -2.40. The molecule has 0 amide bonds. The van der Waals surface area contributed by atoms with Crippen molar-refractivity contribution in [2.75, 3.05) is 33.5 Å². The number of hydrogen-bond donors (Lipinski definition) is 2. The van der Waals surface area contributed by atoms with Crippen LogP contribution in [0.1, 0.15) is 96.8 Å². The minimum absolute atomic E-state index is 0.0152. The number of unbranched alkanes of at least 4 members (excludes halogenated alkanes) is 8. The fraction of sp³-hybridized carbons (Fsp3) is 0.808. The Morgan fingerprint density at radius 1 is 0.824 bits per heavy atom. The van der Waals surface area contributed by atoms with Crippen LogP contribution in [0.4, 0.5) is 0 Å². The molecule has 0 saturated carbocycles. The second-order valence-electron chi connectivity index (χ2n) is 8.67. The molecule has 0 rings (SSSR count). The second kappa shape index (κ2) is 21.7. The summed E-state index contributed by atoms with van der Waals surface area (Å²) in [5, 5.41) is 19.7. The molecule has 0 fully saturated rings. The number of aliphatic hydroxyl groups is 1. The van der Waals surface area contributed by atoms with Crippen LogP contribution in [-0.4, -0.2) is 67.1 Å². The Hall–Kier alpha value is -1.77. The van der Waals surface area contributed by atoms with E-state index in [0.717, 1.165) is 44.9 Å². The Kier molecular flexibility index (Phi) is 20.6. The summed E-state index contributed by atoms with van der Waals surface area (Å²) in [6.07, 6.45) is 14.4. The molecule has 198 valence electrons. The van der Waals surface area contributed by atoms with Crippen LogP contribution in [0.2, 0.25) is 0 Å². The number of hydrogen-bond acceptors (Lipinski definition) is 7. The van der Waals surface area contributed by atoms with Crippen LogP contribution in [-0.2, 0) is 28.6 Å². The normalized spacial score (nSPS) is 13.1. The fourth-order valence-electron chi connectivity index (χ4n) is 3.37. The van der Waals surface area contributed by atoms with Crippen molar-refractivity contribution in [3.63, 3.8) is 0 Å². The topological polar surface area (TPSA) is 119 Å². The summed E-state index contributed by atoms with van der Waals surface area (Å²) in [7, 11) is 1.55. The van der Waals surface area contributed by atoms with Crippen molar-refractivity contribution < 1.29 is 38.8 Å². The number of ether oxygens (including phenoxy) is 3. The number of carboxylic acids is 1. The molecule has 0 aromatic carbocycles. The van der Waals surface area contributed by atoms with E-state index in [4.69, 9.17) is 14.2 Å². The van der Waals surface area contributed by atoms with Crippen LogP contribution in [0, 0.1) is 0 Å². The molecule has 0 heterocycles. The molecular weight excluding hydrogens is 440 g/mol. The molecule has 34 heavy (non-hydrogen) atoms. The third-order valence-electron chi connectivity index (χ3n) is 5.52. The van der Waals surface area contributed by atoms with Crippen molar-refractivity contribution in [1.82, 2.24) is 0 Å². The number of carbonyl (C=O) groups excluding carboxylic acids is 2. The summed E-state index contributed by atoms with van der Waals surface area (Å²) < 4.78 is 14.9. The van der Waals surface area contributed by atoms with Crippen molar-refractivity contribution >= 4 is 17.7 Å². The predicted molar refractivity (Wildman–Crippen MR) is 131 cm³/mol. The van der Waals surface area contributed by atoms with Gasteiger partial charge in [-0.1, -0.05) is 57.6 Å². The molecule has 0 bridgehead atoms. The van der Waals surface area contributed by atoms with Crippen molar-refractivity contribution in [1.29, 1.82) is 0 Å². The first-order valence-electron chi connectivity index (χ1n) is 12.7. The summed E-state index contributed by atoms with van der Waals surface area (Å²) in [6.45, 7) is 3.14. The molecule has 0 saturated heterocycles. The summed E-state index contributed by atoms with van der Waals surface area (Å²) in [4.78, 5) is 35.2. The quantitative estimate of drug-likeness (QED) is 0.115. The number of carboxylic acid groups (broad SMARTS) is 1. The van der Waals surface area contributed by atoms with Gasteiger partial charge in [0.2, 0.25) is 0 Å².